The zero-order valence-electron chi connectivity index (χ0n) is 18.0. The molecule has 3 N–H and O–H groups in total. The predicted octanol–water partition coefficient (Wildman–Crippen LogP) is 5.70. The summed E-state index contributed by atoms with van der Waals surface area (Å²) in [5.74, 6) is -0.385. The van der Waals surface area contributed by atoms with Crippen LogP contribution < -0.4 is 15.2 Å². The molecule has 1 heterocycles. The van der Waals surface area contributed by atoms with Gasteiger partial charge in [0.2, 0.25) is 5.95 Å². The zero-order chi connectivity index (χ0) is 24.3. The summed E-state index contributed by atoms with van der Waals surface area (Å²) < 4.78 is 53.0. The first-order valence-electron chi connectivity index (χ1n) is 10.2. The Bertz CT molecular complexity index is 1310. The molecule has 1 aromatic heterocycles. The lowest BCUT2D eigenvalue weighted by Crippen LogP contribution is -2.14. The molecular formula is C25H20F3N3O3. The molecule has 9 heteroatoms. The van der Waals surface area contributed by atoms with Crippen molar-refractivity contribution in [2.45, 2.75) is 12.8 Å². The molecule has 3 aromatic carbocycles. The molecule has 0 aliphatic carbocycles. The number of aromatic hydroxyl groups is 1. The molecule has 0 unspecified atom stereocenters. The number of rotatable bonds is 6. The minimum absolute atomic E-state index is 0.0348. The second-order valence-corrected chi connectivity index (χ2v) is 7.31. The number of aromatic nitrogens is 2. The number of nitrogens with two attached hydrogens (primary N) is 1. The second kappa shape index (κ2) is 9.30. The molecular weight excluding hydrogens is 447 g/mol. The van der Waals surface area contributed by atoms with E-state index in [0.29, 0.717) is 5.75 Å². The van der Waals surface area contributed by atoms with Crippen molar-refractivity contribution in [1.82, 2.24) is 9.97 Å². The van der Waals surface area contributed by atoms with Crippen LogP contribution in [0.1, 0.15) is 11.3 Å². The third kappa shape index (κ3) is 4.73. The highest BCUT2D eigenvalue weighted by molar-refractivity contribution is 5.88. The summed E-state index contributed by atoms with van der Waals surface area (Å²) in [7, 11) is 1.35. The zero-order valence-corrected chi connectivity index (χ0v) is 18.0. The summed E-state index contributed by atoms with van der Waals surface area (Å²) in [6, 6.07) is 19.9. The molecule has 6 nitrogen and oxygen atoms in total. The fourth-order valence-electron chi connectivity index (χ4n) is 3.53. The van der Waals surface area contributed by atoms with Crippen molar-refractivity contribution < 1.29 is 27.8 Å². The average molecular weight is 467 g/mol. The van der Waals surface area contributed by atoms with Gasteiger partial charge in [0, 0.05) is 22.8 Å². The number of phenols is 1. The lowest BCUT2D eigenvalue weighted by atomic mass is 9.96. The van der Waals surface area contributed by atoms with Crippen molar-refractivity contribution >= 4 is 5.95 Å². The molecule has 0 fully saturated rings. The number of hydrogen-bond donors (Lipinski definition) is 2. The van der Waals surface area contributed by atoms with E-state index in [1.807, 2.05) is 30.3 Å². The van der Waals surface area contributed by atoms with Gasteiger partial charge in [-0.05, 0) is 23.8 Å². The van der Waals surface area contributed by atoms with Gasteiger partial charge in [-0.15, -0.1) is 0 Å². The van der Waals surface area contributed by atoms with Crippen molar-refractivity contribution in [3.63, 3.8) is 0 Å². The van der Waals surface area contributed by atoms with Crippen LogP contribution in [0, 0.1) is 0 Å². The number of alkyl halides is 3. The Labute approximate surface area is 193 Å². The second-order valence-electron chi connectivity index (χ2n) is 7.31. The molecule has 4 aromatic rings. The topological polar surface area (TPSA) is 90.5 Å². The number of hydrogen-bond acceptors (Lipinski definition) is 6. The van der Waals surface area contributed by atoms with Crippen molar-refractivity contribution in [1.29, 1.82) is 0 Å². The highest BCUT2D eigenvalue weighted by Gasteiger charge is 2.39. The monoisotopic (exact) mass is 467 g/mol. The summed E-state index contributed by atoms with van der Waals surface area (Å²) in [6.07, 6.45) is -4.84. The van der Waals surface area contributed by atoms with Crippen LogP contribution in [0.5, 0.6) is 17.2 Å². The molecule has 0 saturated heterocycles. The SMILES string of the molecule is COc1ccccc1-c1c(-c2ccc(OCc3ccccc3)cc2O)nc(N)nc1C(F)(F)F. The Hall–Kier alpha value is -4.27. The average Bonchev–Trinajstić information content (AvgIpc) is 2.82. The summed E-state index contributed by atoms with van der Waals surface area (Å²) >= 11 is 0. The van der Waals surface area contributed by atoms with E-state index in [1.165, 1.54) is 37.4 Å². The van der Waals surface area contributed by atoms with Crippen molar-refractivity contribution in [2.24, 2.45) is 0 Å². The molecule has 34 heavy (non-hydrogen) atoms. The van der Waals surface area contributed by atoms with Gasteiger partial charge in [0.05, 0.1) is 12.8 Å². The fraction of sp³-hybridized carbons (Fsp3) is 0.120. The van der Waals surface area contributed by atoms with E-state index >= 15 is 0 Å². The van der Waals surface area contributed by atoms with Gasteiger partial charge in [0.1, 0.15) is 23.9 Å². The maximum absolute atomic E-state index is 14.0. The molecule has 0 spiro atoms. The standard InChI is InChI=1S/C25H20F3N3O3/c1-33-20-10-6-5-9-18(20)21-22(30-24(29)31-23(21)25(26,27)28)17-12-11-16(13-19(17)32)34-14-15-7-3-2-4-8-15/h2-13,32H,14H2,1H3,(H2,29,30,31). The summed E-state index contributed by atoms with van der Waals surface area (Å²) in [5.41, 5.74) is 4.93. The third-order valence-electron chi connectivity index (χ3n) is 5.04. The highest BCUT2D eigenvalue weighted by Crippen LogP contribution is 2.46. The summed E-state index contributed by atoms with van der Waals surface area (Å²) in [5, 5.41) is 10.7. The smallest absolute Gasteiger partial charge is 0.434 e. The Morgan fingerprint density at radius 1 is 0.912 bits per heavy atom. The fourth-order valence-corrected chi connectivity index (χ4v) is 3.53. The van der Waals surface area contributed by atoms with Gasteiger partial charge in [0.25, 0.3) is 0 Å². The van der Waals surface area contributed by atoms with Crippen molar-refractivity contribution in [3.8, 4) is 39.6 Å². The third-order valence-corrected chi connectivity index (χ3v) is 5.04. The lowest BCUT2D eigenvalue weighted by molar-refractivity contribution is -0.140. The van der Waals surface area contributed by atoms with E-state index in [2.05, 4.69) is 9.97 Å². The van der Waals surface area contributed by atoms with Crippen molar-refractivity contribution in [3.05, 3.63) is 84.1 Å². The number of para-hydroxylation sites is 1. The minimum Gasteiger partial charge on any atom is -0.507 e. The van der Waals surface area contributed by atoms with Gasteiger partial charge in [-0.1, -0.05) is 48.5 Å². The molecule has 4 rings (SSSR count). The maximum Gasteiger partial charge on any atom is 0.434 e. The molecule has 174 valence electrons. The van der Waals surface area contributed by atoms with Crippen LogP contribution in [0.25, 0.3) is 22.4 Å². The quantitative estimate of drug-likeness (QED) is 0.378. The van der Waals surface area contributed by atoms with Gasteiger partial charge >= 0.3 is 6.18 Å². The largest absolute Gasteiger partial charge is 0.507 e. The highest BCUT2D eigenvalue weighted by atomic mass is 19.4. The first kappa shape index (κ1) is 22.9. The van der Waals surface area contributed by atoms with Crippen LogP contribution in [-0.2, 0) is 12.8 Å². The minimum atomic E-state index is -4.84. The molecule has 0 bridgehead atoms. The van der Waals surface area contributed by atoms with Gasteiger partial charge < -0.3 is 20.3 Å². The molecule has 0 radical (unpaired) electrons. The first-order chi connectivity index (χ1) is 16.3. The van der Waals surface area contributed by atoms with Crippen LogP contribution in [0.3, 0.4) is 0 Å². The maximum atomic E-state index is 14.0. The Morgan fingerprint density at radius 2 is 1.62 bits per heavy atom. The summed E-state index contributed by atoms with van der Waals surface area (Å²) in [6.45, 7) is 0.255. The van der Waals surface area contributed by atoms with Crippen LogP contribution >= 0.6 is 0 Å². The van der Waals surface area contributed by atoms with Crippen molar-refractivity contribution in [2.75, 3.05) is 12.8 Å². The Kier molecular flexibility index (Phi) is 6.27. The Balaban J connectivity index is 1.83. The van der Waals surface area contributed by atoms with Crippen LogP contribution in [0.15, 0.2) is 72.8 Å². The van der Waals surface area contributed by atoms with E-state index in [0.717, 1.165) is 5.56 Å². The predicted molar refractivity (Wildman–Crippen MR) is 121 cm³/mol. The number of phenolic OH excluding ortho intramolecular Hbond substituents is 1. The molecule has 0 saturated carbocycles. The number of methoxy groups -OCH3 is 1. The van der Waals surface area contributed by atoms with E-state index < -0.39 is 17.8 Å². The van der Waals surface area contributed by atoms with Crippen LogP contribution in [0.4, 0.5) is 19.1 Å². The van der Waals surface area contributed by atoms with Gasteiger partial charge in [-0.25, -0.2) is 9.97 Å². The van der Waals surface area contributed by atoms with Crippen LogP contribution in [0.2, 0.25) is 0 Å². The molecule has 0 aliphatic rings. The van der Waals surface area contributed by atoms with Gasteiger partial charge in [-0.2, -0.15) is 13.2 Å². The van der Waals surface area contributed by atoms with E-state index in [9.17, 15) is 18.3 Å². The van der Waals surface area contributed by atoms with Crippen LogP contribution in [-0.4, -0.2) is 22.2 Å². The van der Waals surface area contributed by atoms with Gasteiger partial charge in [0.15, 0.2) is 5.69 Å². The molecule has 0 atom stereocenters. The number of anilines is 1. The number of halogens is 3. The normalized spacial score (nSPS) is 11.3. The van der Waals surface area contributed by atoms with E-state index in [-0.39, 0.29) is 40.5 Å². The number of benzene rings is 3. The van der Waals surface area contributed by atoms with E-state index in [4.69, 9.17) is 15.2 Å². The number of nitrogens with zero attached hydrogens (tertiary/aromatic N) is 2. The number of nitrogen functional groups attached to an aromatic ring is 1. The molecule has 0 aliphatic heterocycles. The Morgan fingerprint density at radius 3 is 2.29 bits per heavy atom. The lowest BCUT2D eigenvalue weighted by Gasteiger charge is -2.19. The first-order valence-corrected chi connectivity index (χ1v) is 10.2. The van der Waals surface area contributed by atoms with E-state index in [1.54, 1.807) is 12.1 Å². The van der Waals surface area contributed by atoms with Gasteiger partial charge in [-0.3, -0.25) is 0 Å². The summed E-state index contributed by atoms with van der Waals surface area (Å²) in [4.78, 5) is 7.54. The molecule has 0 amide bonds. The number of ether oxygens (including phenoxy) is 2.